The molecular weight excluding hydrogens is 240 g/mol. The van der Waals surface area contributed by atoms with E-state index in [1.165, 1.54) is 5.56 Å². The molecule has 0 aliphatic heterocycles. The molecule has 2 N–H and O–H groups in total. The summed E-state index contributed by atoms with van der Waals surface area (Å²) in [6.07, 6.45) is 1.69. The summed E-state index contributed by atoms with van der Waals surface area (Å²) in [6, 6.07) is 12.0. The molecule has 2 aromatic rings. The van der Waals surface area contributed by atoms with Crippen LogP contribution in [0.2, 0.25) is 0 Å². The molecule has 0 atom stereocenters. The molecule has 102 valence electrons. The Morgan fingerprint density at radius 2 is 1.74 bits per heavy atom. The van der Waals surface area contributed by atoms with E-state index in [-0.39, 0.29) is 0 Å². The van der Waals surface area contributed by atoms with Crippen molar-refractivity contribution in [2.45, 2.75) is 13.1 Å². The molecule has 0 aliphatic rings. The first-order chi connectivity index (χ1) is 9.38. The van der Waals surface area contributed by atoms with E-state index in [9.17, 15) is 0 Å². The normalized spacial score (nSPS) is 10.6. The second kappa shape index (κ2) is 7.61. The number of furan rings is 1. The second-order valence-electron chi connectivity index (χ2n) is 4.28. The van der Waals surface area contributed by atoms with Gasteiger partial charge in [-0.2, -0.15) is 0 Å². The highest BCUT2D eigenvalue weighted by Crippen LogP contribution is 2.10. The Hall–Kier alpha value is -1.78. The van der Waals surface area contributed by atoms with E-state index in [0.717, 1.165) is 37.7 Å². The average Bonchev–Trinajstić information content (AvgIpc) is 2.96. The number of hydrogen-bond acceptors (Lipinski definition) is 4. The number of ether oxygens (including phenoxy) is 1. The maximum Gasteiger partial charge on any atom is 0.118 e. The summed E-state index contributed by atoms with van der Waals surface area (Å²) in [5.41, 5.74) is 1.26. The Kier molecular flexibility index (Phi) is 5.47. The predicted octanol–water partition coefficient (Wildman–Crippen LogP) is 2.17. The summed E-state index contributed by atoms with van der Waals surface area (Å²) in [7, 11) is 1.68. The third-order valence-corrected chi connectivity index (χ3v) is 2.85. The number of rotatable bonds is 8. The monoisotopic (exact) mass is 260 g/mol. The molecule has 0 spiro atoms. The van der Waals surface area contributed by atoms with Crippen LogP contribution in [-0.4, -0.2) is 20.2 Å². The molecule has 0 radical (unpaired) electrons. The molecule has 1 aromatic carbocycles. The van der Waals surface area contributed by atoms with Gasteiger partial charge in [0.1, 0.15) is 11.5 Å². The largest absolute Gasteiger partial charge is 0.497 e. The third kappa shape index (κ3) is 4.77. The van der Waals surface area contributed by atoms with Gasteiger partial charge in [0.2, 0.25) is 0 Å². The summed E-state index contributed by atoms with van der Waals surface area (Å²) >= 11 is 0. The molecule has 2 rings (SSSR count). The van der Waals surface area contributed by atoms with Crippen molar-refractivity contribution >= 4 is 0 Å². The molecular formula is C15H20N2O2. The van der Waals surface area contributed by atoms with Crippen LogP contribution in [0.15, 0.2) is 47.1 Å². The number of nitrogens with one attached hydrogen (secondary N) is 2. The number of benzene rings is 1. The van der Waals surface area contributed by atoms with Crippen LogP contribution in [0, 0.1) is 0 Å². The van der Waals surface area contributed by atoms with Gasteiger partial charge in [-0.3, -0.25) is 0 Å². The minimum atomic E-state index is 0.775. The van der Waals surface area contributed by atoms with Crippen LogP contribution in [0.5, 0.6) is 5.75 Å². The van der Waals surface area contributed by atoms with Gasteiger partial charge >= 0.3 is 0 Å². The van der Waals surface area contributed by atoms with Gasteiger partial charge in [0.05, 0.1) is 19.9 Å². The van der Waals surface area contributed by atoms with Crippen molar-refractivity contribution in [3.63, 3.8) is 0 Å². The van der Waals surface area contributed by atoms with E-state index in [2.05, 4.69) is 22.8 Å². The number of methoxy groups -OCH3 is 1. The Balaban J connectivity index is 1.56. The molecule has 0 saturated carbocycles. The van der Waals surface area contributed by atoms with Gasteiger partial charge in [0.15, 0.2) is 0 Å². The molecule has 0 saturated heterocycles. The fourth-order valence-corrected chi connectivity index (χ4v) is 1.78. The van der Waals surface area contributed by atoms with Crippen LogP contribution in [0.1, 0.15) is 11.3 Å². The van der Waals surface area contributed by atoms with Gasteiger partial charge in [-0.05, 0) is 29.8 Å². The lowest BCUT2D eigenvalue weighted by atomic mass is 10.2. The van der Waals surface area contributed by atoms with Crippen molar-refractivity contribution in [2.75, 3.05) is 20.2 Å². The van der Waals surface area contributed by atoms with E-state index in [1.54, 1.807) is 13.4 Å². The summed E-state index contributed by atoms with van der Waals surface area (Å²) in [5.74, 6) is 1.86. The molecule has 4 nitrogen and oxygen atoms in total. The third-order valence-electron chi connectivity index (χ3n) is 2.85. The summed E-state index contributed by atoms with van der Waals surface area (Å²) in [6.45, 7) is 3.48. The predicted molar refractivity (Wildman–Crippen MR) is 75.1 cm³/mol. The van der Waals surface area contributed by atoms with Gasteiger partial charge in [0.25, 0.3) is 0 Å². The fourth-order valence-electron chi connectivity index (χ4n) is 1.78. The lowest BCUT2D eigenvalue weighted by Gasteiger charge is -2.06. The molecule has 0 fully saturated rings. The molecule has 1 heterocycles. The van der Waals surface area contributed by atoms with E-state index < -0.39 is 0 Å². The van der Waals surface area contributed by atoms with E-state index >= 15 is 0 Å². The highest BCUT2D eigenvalue weighted by molar-refractivity contribution is 5.26. The Labute approximate surface area is 113 Å². The lowest BCUT2D eigenvalue weighted by molar-refractivity contribution is 0.414. The fraction of sp³-hybridized carbons (Fsp3) is 0.333. The smallest absolute Gasteiger partial charge is 0.118 e. The molecule has 0 aliphatic carbocycles. The Morgan fingerprint density at radius 1 is 1.00 bits per heavy atom. The molecule has 0 amide bonds. The average molecular weight is 260 g/mol. The maximum absolute atomic E-state index is 5.24. The van der Waals surface area contributed by atoms with Crippen molar-refractivity contribution in [1.29, 1.82) is 0 Å². The SMILES string of the molecule is COc1ccc(CNCCNCc2ccco2)cc1. The molecule has 19 heavy (non-hydrogen) atoms. The van der Waals surface area contributed by atoms with Crippen molar-refractivity contribution < 1.29 is 9.15 Å². The molecule has 0 unspecified atom stereocenters. The van der Waals surface area contributed by atoms with E-state index in [4.69, 9.17) is 9.15 Å². The van der Waals surface area contributed by atoms with Gasteiger partial charge in [-0.25, -0.2) is 0 Å². The van der Waals surface area contributed by atoms with Gasteiger partial charge in [-0.15, -0.1) is 0 Å². The first kappa shape index (κ1) is 13.6. The molecule has 0 bridgehead atoms. The molecule has 4 heteroatoms. The summed E-state index contributed by atoms with van der Waals surface area (Å²) < 4.78 is 10.4. The Morgan fingerprint density at radius 3 is 2.37 bits per heavy atom. The van der Waals surface area contributed by atoms with Crippen LogP contribution in [0.25, 0.3) is 0 Å². The number of hydrogen-bond donors (Lipinski definition) is 2. The van der Waals surface area contributed by atoms with Crippen LogP contribution in [0.4, 0.5) is 0 Å². The van der Waals surface area contributed by atoms with Crippen LogP contribution in [0.3, 0.4) is 0 Å². The standard InChI is InChI=1S/C15H20N2O2/c1-18-14-6-4-13(5-7-14)11-16-8-9-17-12-15-3-2-10-19-15/h2-7,10,16-17H,8-9,11-12H2,1H3. The van der Waals surface area contributed by atoms with Crippen molar-refractivity contribution in [1.82, 2.24) is 10.6 Å². The van der Waals surface area contributed by atoms with Gasteiger partial charge in [0, 0.05) is 19.6 Å². The van der Waals surface area contributed by atoms with Gasteiger partial charge in [-0.1, -0.05) is 12.1 Å². The summed E-state index contributed by atoms with van der Waals surface area (Å²) in [4.78, 5) is 0. The minimum Gasteiger partial charge on any atom is -0.497 e. The topological polar surface area (TPSA) is 46.4 Å². The van der Waals surface area contributed by atoms with Crippen molar-refractivity contribution in [3.05, 3.63) is 54.0 Å². The van der Waals surface area contributed by atoms with Crippen LogP contribution in [-0.2, 0) is 13.1 Å². The van der Waals surface area contributed by atoms with Crippen molar-refractivity contribution in [3.8, 4) is 5.75 Å². The van der Waals surface area contributed by atoms with Crippen molar-refractivity contribution in [2.24, 2.45) is 0 Å². The van der Waals surface area contributed by atoms with Crippen LogP contribution < -0.4 is 15.4 Å². The zero-order chi connectivity index (χ0) is 13.3. The van der Waals surface area contributed by atoms with Gasteiger partial charge < -0.3 is 19.8 Å². The first-order valence-electron chi connectivity index (χ1n) is 6.45. The quantitative estimate of drug-likeness (QED) is 0.714. The zero-order valence-corrected chi connectivity index (χ0v) is 11.2. The van der Waals surface area contributed by atoms with E-state index in [1.807, 2.05) is 24.3 Å². The minimum absolute atomic E-state index is 0.775. The second-order valence-corrected chi connectivity index (χ2v) is 4.28. The first-order valence-corrected chi connectivity index (χ1v) is 6.45. The highest BCUT2D eigenvalue weighted by atomic mass is 16.5. The molecule has 1 aromatic heterocycles. The summed E-state index contributed by atoms with van der Waals surface area (Å²) in [5, 5.41) is 6.70. The zero-order valence-electron chi connectivity index (χ0n) is 11.2. The van der Waals surface area contributed by atoms with E-state index in [0.29, 0.717) is 0 Å². The van der Waals surface area contributed by atoms with Crippen LogP contribution >= 0.6 is 0 Å². The highest BCUT2D eigenvalue weighted by Gasteiger charge is 1.95. The maximum atomic E-state index is 5.24. The Bertz CT molecular complexity index is 452. The lowest BCUT2D eigenvalue weighted by Crippen LogP contribution is -2.26.